The van der Waals surface area contributed by atoms with Gasteiger partial charge in [0.1, 0.15) is 5.76 Å². The van der Waals surface area contributed by atoms with Crippen molar-refractivity contribution in [2.45, 2.75) is 25.8 Å². The number of rotatable bonds is 2. The fourth-order valence-corrected chi connectivity index (χ4v) is 2.78. The van der Waals surface area contributed by atoms with Gasteiger partial charge in [-0.1, -0.05) is 28.9 Å². The number of nitrogens with zero attached hydrogens (tertiary/aromatic N) is 2. The molecule has 1 aromatic heterocycles. The smallest absolute Gasteiger partial charge is 0.276 e. The molecule has 0 saturated carbocycles. The van der Waals surface area contributed by atoms with Crippen molar-refractivity contribution in [1.29, 1.82) is 0 Å². The summed E-state index contributed by atoms with van der Waals surface area (Å²) in [6, 6.07) is 9.45. The first-order valence-corrected chi connectivity index (χ1v) is 7.03. The maximum atomic E-state index is 12.5. The van der Waals surface area contributed by atoms with Crippen molar-refractivity contribution in [1.82, 2.24) is 10.1 Å². The molecule has 1 saturated heterocycles. The molecule has 0 spiro atoms. The second-order valence-corrected chi connectivity index (χ2v) is 5.47. The first-order valence-electron chi connectivity index (χ1n) is 6.65. The van der Waals surface area contributed by atoms with E-state index in [1.165, 1.54) is 0 Å². The van der Waals surface area contributed by atoms with Crippen LogP contribution in [0.4, 0.5) is 0 Å². The number of benzene rings is 1. The van der Waals surface area contributed by atoms with Gasteiger partial charge in [-0.05, 0) is 37.5 Å². The van der Waals surface area contributed by atoms with Gasteiger partial charge in [-0.3, -0.25) is 4.79 Å². The van der Waals surface area contributed by atoms with Crippen molar-refractivity contribution < 1.29 is 9.32 Å². The van der Waals surface area contributed by atoms with Crippen LogP contribution in [0.5, 0.6) is 0 Å². The predicted octanol–water partition coefficient (Wildman–Crippen LogP) is 3.61. The molecule has 1 amide bonds. The Morgan fingerprint density at radius 2 is 2.15 bits per heavy atom. The summed E-state index contributed by atoms with van der Waals surface area (Å²) in [5.74, 6) is 0.579. The molecule has 2 aromatic rings. The second-order valence-electron chi connectivity index (χ2n) is 5.03. The molecule has 104 valence electrons. The zero-order valence-corrected chi connectivity index (χ0v) is 11.9. The highest BCUT2D eigenvalue weighted by Gasteiger charge is 2.31. The van der Waals surface area contributed by atoms with Gasteiger partial charge in [-0.2, -0.15) is 0 Å². The summed E-state index contributed by atoms with van der Waals surface area (Å²) in [6.07, 6.45) is 1.96. The van der Waals surface area contributed by atoms with Crippen molar-refractivity contribution in [3.63, 3.8) is 0 Å². The van der Waals surface area contributed by atoms with Crippen molar-refractivity contribution >= 4 is 17.5 Å². The zero-order valence-electron chi connectivity index (χ0n) is 11.2. The summed E-state index contributed by atoms with van der Waals surface area (Å²) < 4.78 is 4.99. The minimum atomic E-state index is -0.0701. The van der Waals surface area contributed by atoms with E-state index in [1.54, 1.807) is 13.0 Å². The number of carbonyl (C=O) groups is 1. The number of amides is 1. The molecule has 3 rings (SSSR count). The molecule has 20 heavy (non-hydrogen) atoms. The van der Waals surface area contributed by atoms with Gasteiger partial charge < -0.3 is 9.42 Å². The van der Waals surface area contributed by atoms with Crippen LogP contribution in [0.1, 0.15) is 40.7 Å². The molecular formula is C15H15ClN2O2. The van der Waals surface area contributed by atoms with Gasteiger partial charge in [-0.15, -0.1) is 0 Å². The van der Waals surface area contributed by atoms with Crippen LogP contribution in [0.15, 0.2) is 34.9 Å². The van der Waals surface area contributed by atoms with Gasteiger partial charge in [-0.25, -0.2) is 0 Å². The Labute approximate surface area is 122 Å². The Morgan fingerprint density at radius 1 is 1.40 bits per heavy atom. The van der Waals surface area contributed by atoms with Crippen LogP contribution in [0, 0.1) is 6.92 Å². The SMILES string of the molecule is Cc1cc(C(=O)N2CCC[C@H]2c2ccc(Cl)cc2)no1. The number of aryl methyl sites for hydroxylation is 1. The highest BCUT2D eigenvalue weighted by atomic mass is 35.5. The summed E-state index contributed by atoms with van der Waals surface area (Å²) in [6.45, 7) is 2.53. The van der Waals surface area contributed by atoms with Crippen molar-refractivity contribution in [3.8, 4) is 0 Å². The fraction of sp³-hybridized carbons (Fsp3) is 0.333. The van der Waals surface area contributed by atoms with Gasteiger partial charge in [0.05, 0.1) is 6.04 Å². The summed E-state index contributed by atoms with van der Waals surface area (Å²) in [5.41, 5.74) is 1.49. The minimum Gasteiger partial charge on any atom is -0.361 e. The van der Waals surface area contributed by atoms with E-state index in [0.717, 1.165) is 24.9 Å². The normalized spacial score (nSPS) is 18.5. The number of aromatic nitrogens is 1. The molecule has 0 bridgehead atoms. The largest absolute Gasteiger partial charge is 0.361 e. The maximum absolute atomic E-state index is 12.5. The van der Waals surface area contributed by atoms with Gasteiger partial charge >= 0.3 is 0 Å². The first kappa shape index (κ1) is 13.2. The molecule has 1 aromatic carbocycles. The molecule has 4 nitrogen and oxygen atoms in total. The predicted molar refractivity (Wildman–Crippen MR) is 75.7 cm³/mol. The van der Waals surface area contributed by atoms with Crippen LogP contribution >= 0.6 is 11.6 Å². The number of halogens is 1. The topological polar surface area (TPSA) is 46.3 Å². The number of carbonyl (C=O) groups excluding carboxylic acids is 1. The van der Waals surface area contributed by atoms with Gasteiger partial charge in [0, 0.05) is 17.6 Å². The molecule has 0 aliphatic carbocycles. The van der Waals surface area contributed by atoms with Gasteiger partial charge in [0.25, 0.3) is 5.91 Å². The van der Waals surface area contributed by atoms with Crippen LogP contribution in [-0.2, 0) is 0 Å². The maximum Gasteiger partial charge on any atom is 0.276 e. The lowest BCUT2D eigenvalue weighted by Gasteiger charge is -2.24. The van der Waals surface area contributed by atoms with Crippen LogP contribution in [0.2, 0.25) is 5.02 Å². The lowest BCUT2D eigenvalue weighted by Crippen LogP contribution is -2.30. The van der Waals surface area contributed by atoms with E-state index in [-0.39, 0.29) is 11.9 Å². The quantitative estimate of drug-likeness (QED) is 0.849. The third-order valence-electron chi connectivity index (χ3n) is 3.62. The Hall–Kier alpha value is -1.81. The molecule has 1 aliphatic rings. The van der Waals surface area contributed by atoms with E-state index >= 15 is 0 Å². The molecule has 5 heteroatoms. The standard InChI is InChI=1S/C15H15ClN2O2/c1-10-9-13(17-20-10)15(19)18-8-2-3-14(18)11-4-6-12(16)7-5-11/h4-7,9,14H,2-3,8H2,1H3/t14-/m0/s1. The van der Waals surface area contributed by atoms with E-state index in [4.69, 9.17) is 16.1 Å². The number of hydrogen-bond donors (Lipinski definition) is 0. The van der Waals surface area contributed by atoms with Crippen LogP contribution in [0.25, 0.3) is 0 Å². The Balaban J connectivity index is 1.85. The van der Waals surface area contributed by atoms with E-state index in [9.17, 15) is 4.79 Å². The summed E-state index contributed by atoms with van der Waals surface area (Å²) in [5, 5.41) is 4.52. The molecule has 2 heterocycles. The van der Waals surface area contributed by atoms with E-state index in [1.807, 2.05) is 29.2 Å². The average Bonchev–Trinajstić information content (AvgIpc) is 3.07. The highest BCUT2D eigenvalue weighted by molar-refractivity contribution is 6.30. The summed E-state index contributed by atoms with van der Waals surface area (Å²) >= 11 is 5.91. The van der Waals surface area contributed by atoms with Crippen LogP contribution in [0.3, 0.4) is 0 Å². The fourth-order valence-electron chi connectivity index (χ4n) is 2.66. The molecule has 1 atom stereocenters. The van der Waals surface area contributed by atoms with Crippen molar-refractivity contribution in [2.24, 2.45) is 0 Å². The Morgan fingerprint density at radius 3 is 2.80 bits per heavy atom. The van der Waals surface area contributed by atoms with Crippen LogP contribution in [-0.4, -0.2) is 22.5 Å². The average molecular weight is 291 g/mol. The highest BCUT2D eigenvalue weighted by Crippen LogP contribution is 2.33. The molecule has 1 aliphatic heterocycles. The Bertz CT molecular complexity index is 621. The molecule has 0 N–H and O–H groups in total. The summed E-state index contributed by atoms with van der Waals surface area (Å²) in [4.78, 5) is 14.3. The van der Waals surface area contributed by atoms with Crippen molar-refractivity contribution in [2.75, 3.05) is 6.54 Å². The molecule has 0 unspecified atom stereocenters. The minimum absolute atomic E-state index is 0.0701. The third-order valence-corrected chi connectivity index (χ3v) is 3.87. The van der Waals surface area contributed by atoms with Crippen molar-refractivity contribution in [3.05, 3.63) is 52.4 Å². The van der Waals surface area contributed by atoms with E-state index in [2.05, 4.69) is 5.16 Å². The third kappa shape index (κ3) is 2.43. The number of likely N-dealkylation sites (tertiary alicyclic amines) is 1. The van der Waals surface area contributed by atoms with E-state index in [0.29, 0.717) is 16.5 Å². The lowest BCUT2D eigenvalue weighted by atomic mass is 10.0. The number of hydrogen-bond acceptors (Lipinski definition) is 3. The molecule has 1 fully saturated rings. The Kier molecular flexibility index (Phi) is 3.49. The van der Waals surface area contributed by atoms with Gasteiger partial charge in [0.2, 0.25) is 0 Å². The lowest BCUT2D eigenvalue weighted by molar-refractivity contribution is 0.0725. The molecular weight excluding hydrogens is 276 g/mol. The van der Waals surface area contributed by atoms with E-state index < -0.39 is 0 Å². The summed E-state index contributed by atoms with van der Waals surface area (Å²) in [7, 11) is 0. The first-order chi connectivity index (χ1) is 9.65. The zero-order chi connectivity index (χ0) is 14.1. The van der Waals surface area contributed by atoms with Crippen LogP contribution < -0.4 is 0 Å². The van der Waals surface area contributed by atoms with Gasteiger partial charge in [0.15, 0.2) is 5.69 Å². The monoisotopic (exact) mass is 290 g/mol. The molecule has 0 radical (unpaired) electrons. The second kappa shape index (κ2) is 5.29.